The van der Waals surface area contributed by atoms with Crippen molar-refractivity contribution in [2.75, 3.05) is 23.7 Å². The second-order valence-electron chi connectivity index (χ2n) is 6.80. The van der Waals surface area contributed by atoms with Crippen LogP contribution in [0.5, 0.6) is 0 Å². The average molecular weight is 459 g/mol. The Bertz CT molecular complexity index is 1080. The van der Waals surface area contributed by atoms with Crippen LogP contribution in [0.4, 0.5) is 5.69 Å². The summed E-state index contributed by atoms with van der Waals surface area (Å²) in [7, 11) is -3.69. The lowest BCUT2D eigenvalue weighted by molar-refractivity contribution is 0.0952. The zero-order valence-corrected chi connectivity index (χ0v) is 19.2. The van der Waals surface area contributed by atoms with Crippen molar-refractivity contribution in [2.45, 2.75) is 29.7 Å². The molecule has 0 saturated carbocycles. The molecular weight excluding hydrogens is 432 g/mol. The maximum atomic E-state index is 13.1. The van der Waals surface area contributed by atoms with E-state index in [0.29, 0.717) is 17.8 Å². The molecule has 2 aromatic carbocycles. The maximum Gasteiger partial charge on any atom is 0.264 e. The van der Waals surface area contributed by atoms with Gasteiger partial charge in [-0.1, -0.05) is 0 Å². The normalized spacial score (nSPS) is 11.3. The molecule has 0 fully saturated rings. The summed E-state index contributed by atoms with van der Waals surface area (Å²) in [5.41, 5.74) is 1.01. The number of anilines is 1. The molecule has 0 aliphatic rings. The molecule has 3 rings (SSSR count). The van der Waals surface area contributed by atoms with Crippen molar-refractivity contribution >= 4 is 33.4 Å². The van der Waals surface area contributed by atoms with Crippen LogP contribution in [0.15, 0.2) is 77.0 Å². The van der Waals surface area contributed by atoms with E-state index in [1.165, 1.54) is 4.31 Å². The minimum absolute atomic E-state index is 0.184. The van der Waals surface area contributed by atoms with Crippen molar-refractivity contribution in [1.82, 2.24) is 14.9 Å². The zero-order chi connectivity index (χ0) is 22.3. The number of carbonyl (C=O) groups is 1. The second kappa shape index (κ2) is 10.5. The summed E-state index contributed by atoms with van der Waals surface area (Å²) >= 11 is 1.56. The molecule has 1 amide bonds. The van der Waals surface area contributed by atoms with E-state index >= 15 is 0 Å². The topological polar surface area (TPSA) is 84.3 Å². The van der Waals surface area contributed by atoms with Gasteiger partial charge in [-0.05, 0) is 68.1 Å². The lowest BCUT2D eigenvalue weighted by Crippen LogP contribution is -2.31. The van der Waals surface area contributed by atoms with Crippen molar-refractivity contribution in [3.63, 3.8) is 0 Å². The van der Waals surface area contributed by atoms with E-state index in [4.69, 9.17) is 0 Å². The van der Waals surface area contributed by atoms with E-state index in [1.807, 2.05) is 17.0 Å². The van der Waals surface area contributed by atoms with Gasteiger partial charge in [0.1, 0.15) is 0 Å². The van der Waals surface area contributed by atoms with Gasteiger partial charge in [-0.15, -0.1) is 11.8 Å². The first-order valence-electron chi connectivity index (χ1n) is 9.96. The van der Waals surface area contributed by atoms with Crippen molar-refractivity contribution in [3.8, 4) is 0 Å². The van der Waals surface area contributed by atoms with Crippen LogP contribution in [0.1, 0.15) is 23.7 Å². The Hall–Kier alpha value is -2.78. The van der Waals surface area contributed by atoms with Gasteiger partial charge in [0.25, 0.3) is 15.9 Å². The van der Waals surface area contributed by atoms with Crippen LogP contribution in [0, 0.1) is 0 Å². The van der Waals surface area contributed by atoms with Crippen LogP contribution < -0.4 is 9.62 Å². The minimum Gasteiger partial charge on any atom is -0.352 e. The summed E-state index contributed by atoms with van der Waals surface area (Å²) in [5, 5.41) is 2.88. The quantitative estimate of drug-likeness (QED) is 0.370. The fraction of sp³-hybridized carbons (Fsp3) is 0.273. The van der Waals surface area contributed by atoms with Gasteiger partial charge in [-0.2, -0.15) is 0 Å². The monoisotopic (exact) mass is 458 g/mol. The van der Waals surface area contributed by atoms with Gasteiger partial charge in [-0.25, -0.2) is 13.4 Å². The van der Waals surface area contributed by atoms with Crippen LogP contribution in [0.3, 0.4) is 0 Å². The first-order valence-corrected chi connectivity index (χ1v) is 12.6. The molecule has 9 heteroatoms. The fourth-order valence-electron chi connectivity index (χ4n) is 3.13. The number of aryl methyl sites for hydroxylation is 1. The molecule has 0 unspecified atom stereocenters. The van der Waals surface area contributed by atoms with Crippen molar-refractivity contribution in [3.05, 3.63) is 72.8 Å². The molecule has 0 saturated heterocycles. The molecule has 1 N–H and O–H groups in total. The maximum absolute atomic E-state index is 13.1. The van der Waals surface area contributed by atoms with Gasteiger partial charge < -0.3 is 9.88 Å². The number of imidazole rings is 1. The number of hydrogen-bond acceptors (Lipinski definition) is 5. The molecule has 164 valence electrons. The first-order chi connectivity index (χ1) is 15.0. The molecule has 0 aliphatic heterocycles. The number of sulfonamides is 1. The van der Waals surface area contributed by atoms with Gasteiger partial charge in [0, 0.05) is 42.5 Å². The standard InChI is InChI=1S/C22H26N4O3S2/c1-3-26(31(28,29)21-11-9-20(30-2)10-12-21)19-7-5-18(6-8-19)22(27)24-13-4-15-25-16-14-23-17-25/h5-12,14,16-17H,3-4,13,15H2,1-2H3,(H,24,27). The molecule has 31 heavy (non-hydrogen) atoms. The van der Waals surface area contributed by atoms with E-state index < -0.39 is 10.0 Å². The van der Waals surface area contributed by atoms with E-state index in [0.717, 1.165) is 17.9 Å². The Morgan fingerprint density at radius 3 is 2.42 bits per heavy atom. The van der Waals surface area contributed by atoms with Crippen LogP contribution in [0.25, 0.3) is 0 Å². The first kappa shape index (κ1) is 22.9. The Morgan fingerprint density at radius 2 is 1.84 bits per heavy atom. The van der Waals surface area contributed by atoms with E-state index in [1.54, 1.807) is 79.7 Å². The summed E-state index contributed by atoms with van der Waals surface area (Å²) in [5.74, 6) is -0.184. The van der Waals surface area contributed by atoms with Gasteiger partial charge in [0.15, 0.2) is 0 Å². The molecule has 0 aliphatic carbocycles. The zero-order valence-electron chi connectivity index (χ0n) is 17.6. The minimum atomic E-state index is -3.69. The number of amides is 1. The van der Waals surface area contributed by atoms with Gasteiger partial charge in [-0.3, -0.25) is 9.10 Å². The number of benzene rings is 2. The number of rotatable bonds is 10. The van der Waals surface area contributed by atoms with Gasteiger partial charge in [0.2, 0.25) is 0 Å². The molecule has 1 heterocycles. The lowest BCUT2D eigenvalue weighted by Gasteiger charge is -2.23. The highest BCUT2D eigenvalue weighted by Crippen LogP contribution is 2.25. The third-order valence-corrected chi connectivity index (χ3v) is 7.45. The van der Waals surface area contributed by atoms with Crippen molar-refractivity contribution < 1.29 is 13.2 Å². The Labute approximate surface area is 187 Å². The Kier molecular flexibility index (Phi) is 7.75. The molecule has 0 spiro atoms. The average Bonchev–Trinajstić information content (AvgIpc) is 3.31. The smallest absolute Gasteiger partial charge is 0.264 e. The third kappa shape index (κ3) is 5.68. The second-order valence-corrected chi connectivity index (χ2v) is 9.54. The third-order valence-electron chi connectivity index (χ3n) is 4.79. The van der Waals surface area contributed by atoms with E-state index in [2.05, 4.69) is 10.3 Å². The fourth-order valence-corrected chi connectivity index (χ4v) is 5.01. The Balaban J connectivity index is 1.64. The number of nitrogens with one attached hydrogen (secondary N) is 1. The van der Waals surface area contributed by atoms with E-state index in [9.17, 15) is 13.2 Å². The largest absolute Gasteiger partial charge is 0.352 e. The van der Waals surface area contributed by atoms with E-state index in [-0.39, 0.29) is 17.3 Å². The number of nitrogens with zero attached hydrogens (tertiary/aromatic N) is 3. The summed E-state index contributed by atoms with van der Waals surface area (Å²) in [6, 6.07) is 13.5. The number of carbonyl (C=O) groups excluding carboxylic acids is 1. The number of aromatic nitrogens is 2. The van der Waals surface area contributed by atoms with Crippen LogP contribution in [0.2, 0.25) is 0 Å². The summed E-state index contributed by atoms with van der Waals surface area (Å²) < 4.78 is 29.5. The van der Waals surface area contributed by atoms with Gasteiger partial charge >= 0.3 is 0 Å². The van der Waals surface area contributed by atoms with Gasteiger partial charge in [0.05, 0.1) is 16.9 Å². The van der Waals surface area contributed by atoms with Crippen molar-refractivity contribution in [2.24, 2.45) is 0 Å². The Morgan fingerprint density at radius 1 is 1.13 bits per heavy atom. The number of hydrogen-bond donors (Lipinski definition) is 1. The molecule has 1 aromatic heterocycles. The SMILES string of the molecule is CCN(c1ccc(C(=O)NCCCn2ccnc2)cc1)S(=O)(=O)c1ccc(SC)cc1. The van der Waals surface area contributed by atoms with Crippen LogP contribution in [-0.2, 0) is 16.6 Å². The molecule has 0 radical (unpaired) electrons. The summed E-state index contributed by atoms with van der Waals surface area (Å²) in [6.07, 6.45) is 8.08. The summed E-state index contributed by atoms with van der Waals surface area (Å²) in [6.45, 7) is 3.39. The highest BCUT2D eigenvalue weighted by molar-refractivity contribution is 7.98. The number of thioether (sulfide) groups is 1. The molecule has 0 atom stereocenters. The lowest BCUT2D eigenvalue weighted by atomic mass is 10.2. The van der Waals surface area contributed by atoms with Crippen molar-refractivity contribution in [1.29, 1.82) is 0 Å². The predicted molar refractivity (Wildman–Crippen MR) is 124 cm³/mol. The predicted octanol–water partition coefficient (Wildman–Crippen LogP) is 3.64. The summed E-state index contributed by atoms with van der Waals surface area (Å²) in [4.78, 5) is 17.6. The molecule has 3 aromatic rings. The van der Waals surface area contributed by atoms with Crippen LogP contribution in [-0.4, -0.2) is 43.2 Å². The highest BCUT2D eigenvalue weighted by atomic mass is 32.2. The molecular formula is C22H26N4O3S2. The highest BCUT2D eigenvalue weighted by Gasteiger charge is 2.23. The molecule has 7 nitrogen and oxygen atoms in total. The molecule has 0 bridgehead atoms. The van der Waals surface area contributed by atoms with Crippen LogP contribution >= 0.6 is 11.8 Å².